The number of nitrogens with one attached hydrogen (secondary N) is 1. The van der Waals surface area contributed by atoms with Crippen LogP contribution in [0.25, 0.3) is 16.9 Å². The number of anilines is 1. The van der Waals surface area contributed by atoms with E-state index in [4.69, 9.17) is 4.98 Å². The van der Waals surface area contributed by atoms with Gasteiger partial charge in [0.1, 0.15) is 0 Å². The molecule has 1 aliphatic carbocycles. The molecule has 0 unspecified atom stereocenters. The number of carbonyl (C=O) groups is 2. The second kappa shape index (κ2) is 9.18. The number of nitrogens with zero attached hydrogens (tertiary/aromatic N) is 5. The number of hydrogen-bond donors (Lipinski definition) is 1. The van der Waals surface area contributed by atoms with E-state index in [0.717, 1.165) is 40.9 Å². The first kappa shape index (κ1) is 23.7. The number of pyridine rings is 2. The van der Waals surface area contributed by atoms with Crippen molar-refractivity contribution in [2.24, 2.45) is 0 Å². The average molecular weight is 483 g/mol. The van der Waals surface area contributed by atoms with Gasteiger partial charge < -0.3 is 10.2 Å². The van der Waals surface area contributed by atoms with Crippen LogP contribution in [-0.2, 0) is 4.79 Å². The summed E-state index contributed by atoms with van der Waals surface area (Å²) in [5.41, 5.74) is 6.63. The van der Waals surface area contributed by atoms with E-state index in [-0.39, 0.29) is 18.4 Å². The summed E-state index contributed by atoms with van der Waals surface area (Å²) < 4.78 is 1.70. The van der Waals surface area contributed by atoms with Crippen molar-refractivity contribution in [1.29, 1.82) is 0 Å². The Bertz CT molecular complexity index is 1460. The predicted molar refractivity (Wildman–Crippen MR) is 140 cm³/mol. The van der Waals surface area contributed by atoms with Gasteiger partial charge in [0.25, 0.3) is 5.91 Å². The molecule has 0 aliphatic heterocycles. The fraction of sp³-hybridized carbons (Fsp3) is 0.321. The van der Waals surface area contributed by atoms with Gasteiger partial charge in [-0.15, -0.1) is 0 Å². The van der Waals surface area contributed by atoms with Crippen LogP contribution in [0.3, 0.4) is 0 Å². The van der Waals surface area contributed by atoms with Gasteiger partial charge in [0.15, 0.2) is 11.5 Å². The van der Waals surface area contributed by atoms with Gasteiger partial charge in [-0.05, 0) is 69.9 Å². The Morgan fingerprint density at radius 1 is 1.08 bits per heavy atom. The molecule has 8 heteroatoms. The maximum atomic E-state index is 13.7. The van der Waals surface area contributed by atoms with Crippen molar-refractivity contribution in [1.82, 2.24) is 24.6 Å². The first-order chi connectivity index (χ1) is 17.2. The zero-order valence-corrected chi connectivity index (χ0v) is 21.3. The Kier molecular flexibility index (Phi) is 6.04. The molecule has 4 aromatic rings. The number of likely N-dealkylation sites (N-methyl/N-ethyl adjacent to an activating group) is 1. The molecule has 0 saturated heterocycles. The summed E-state index contributed by atoms with van der Waals surface area (Å²) in [5.74, 6) is 0.510. The summed E-state index contributed by atoms with van der Waals surface area (Å²) in [6, 6.07) is 11.6. The molecular weight excluding hydrogens is 452 g/mol. The van der Waals surface area contributed by atoms with E-state index in [1.807, 2.05) is 64.1 Å². The van der Waals surface area contributed by atoms with Crippen LogP contribution >= 0.6 is 0 Å². The quantitative estimate of drug-likeness (QED) is 0.432. The summed E-state index contributed by atoms with van der Waals surface area (Å²) in [6.45, 7) is 7.77. The Hall–Kier alpha value is -4.07. The highest BCUT2D eigenvalue weighted by Crippen LogP contribution is 2.40. The van der Waals surface area contributed by atoms with Crippen LogP contribution in [0.2, 0.25) is 0 Å². The number of amides is 2. The molecule has 2 amide bonds. The highest BCUT2D eigenvalue weighted by molar-refractivity contribution is 6.08. The number of benzene rings is 1. The second-order valence-electron chi connectivity index (χ2n) is 9.74. The van der Waals surface area contributed by atoms with Crippen molar-refractivity contribution >= 4 is 28.5 Å². The molecule has 0 bridgehead atoms. The van der Waals surface area contributed by atoms with Gasteiger partial charge in [0, 0.05) is 30.5 Å². The number of aromatic nitrogens is 4. The third-order valence-corrected chi connectivity index (χ3v) is 6.59. The third-order valence-electron chi connectivity index (χ3n) is 6.59. The van der Waals surface area contributed by atoms with E-state index in [1.165, 1.54) is 4.90 Å². The molecule has 1 aromatic carbocycles. The van der Waals surface area contributed by atoms with Crippen molar-refractivity contribution in [3.05, 3.63) is 76.2 Å². The standard InChI is InChI=1S/C28H30N6O2/c1-16-12-17(2)26(18(3)13-16)31-24(35)15-33(5)28(36)21-14-22(20-9-10-20)30-27-25(21)19(4)32-34(27)23-8-6-7-11-29-23/h6-8,11-14,20H,9-10,15H2,1-5H3,(H,31,35). The Balaban J connectivity index is 1.47. The average Bonchev–Trinajstić information content (AvgIpc) is 3.64. The molecule has 1 fully saturated rings. The van der Waals surface area contributed by atoms with Crippen molar-refractivity contribution in [2.75, 3.05) is 18.9 Å². The van der Waals surface area contributed by atoms with E-state index < -0.39 is 0 Å². The van der Waals surface area contributed by atoms with Gasteiger partial charge >= 0.3 is 0 Å². The first-order valence-corrected chi connectivity index (χ1v) is 12.2. The van der Waals surface area contributed by atoms with E-state index in [2.05, 4.69) is 15.4 Å². The van der Waals surface area contributed by atoms with Crippen molar-refractivity contribution in [2.45, 2.75) is 46.5 Å². The number of fused-ring (bicyclic) bond motifs is 1. The summed E-state index contributed by atoms with van der Waals surface area (Å²) in [5, 5.41) is 8.34. The summed E-state index contributed by atoms with van der Waals surface area (Å²) in [4.78, 5) is 37.4. The maximum absolute atomic E-state index is 13.7. The topological polar surface area (TPSA) is 93.0 Å². The molecule has 1 aliphatic rings. The summed E-state index contributed by atoms with van der Waals surface area (Å²) in [7, 11) is 1.65. The second-order valence-corrected chi connectivity index (χ2v) is 9.74. The predicted octanol–water partition coefficient (Wildman–Crippen LogP) is 4.64. The lowest BCUT2D eigenvalue weighted by atomic mass is 10.0. The van der Waals surface area contributed by atoms with Gasteiger partial charge in [0.05, 0.1) is 23.2 Å². The third kappa shape index (κ3) is 4.46. The van der Waals surface area contributed by atoms with Crippen molar-refractivity contribution in [3.8, 4) is 5.82 Å². The molecule has 0 spiro atoms. The Morgan fingerprint density at radius 3 is 2.44 bits per heavy atom. The fourth-order valence-electron chi connectivity index (χ4n) is 4.75. The van der Waals surface area contributed by atoms with Gasteiger partial charge in [-0.1, -0.05) is 23.8 Å². The number of carbonyl (C=O) groups excluding carboxylic acids is 2. The minimum absolute atomic E-state index is 0.0679. The van der Waals surface area contributed by atoms with Crippen molar-refractivity contribution < 1.29 is 9.59 Å². The van der Waals surface area contributed by atoms with Crippen LogP contribution in [0, 0.1) is 27.7 Å². The minimum atomic E-state index is -0.241. The van der Waals surface area contributed by atoms with Crippen LogP contribution < -0.4 is 5.32 Å². The minimum Gasteiger partial charge on any atom is -0.332 e. The lowest BCUT2D eigenvalue weighted by Crippen LogP contribution is -2.35. The van der Waals surface area contributed by atoms with Gasteiger partial charge in [-0.2, -0.15) is 9.78 Å². The molecule has 3 heterocycles. The number of aryl methyl sites for hydroxylation is 4. The monoisotopic (exact) mass is 482 g/mol. The zero-order chi connectivity index (χ0) is 25.6. The molecule has 0 radical (unpaired) electrons. The van der Waals surface area contributed by atoms with Crippen LogP contribution in [0.5, 0.6) is 0 Å². The SMILES string of the molecule is Cc1cc(C)c(NC(=O)CN(C)C(=O)c2cc(C3CC3)nc3c2c(C)nn3-c2ccccn2)c(C)c1. The van der Waals surface area contributed by atoms with E-state index >= 15 is 0 Å². The highest BCUT2D eigenvalue weighted by atomic mass is 16.2. The maximum Gasteiger partial charge on any atom is 0.254 e. The first-order valence-electron chi connectivity index (χ1n) is 12.2. The molecule has 1 saturated carbocycles. The molecule has 36 heavy (non-hydrogen) atoms. The summed E-state index contributed by atoms with van der Waals surface area (Å²) in [6.07, 6.45) is 3.81. The zero-order valence-electron chi connectivity index (χ0n) is 21.3. The van der Waals surface area contributed by atoms with Crippen LogP contribution in [-0.4, -0.2) is 50.1 Å². The van der Waals surface area contributed by atoms with Crippen LogP contribution in [0.15, 0.2) is 42.6 Å². The van der Waals surface area contributed by atoms with Gasteiger partial charge in [-0.3, -0.25) is 9.59 Å². The van der Waals surface area contributed by atoms with E-state index in [1.54, 1.807) is 17.9 Å². The van der Waals surface area contributed by atoms with Gasteiger partial charge in [-0.25, -0.2) is 9.97 Å². The highest BCUT2D eigenvalue weighted by Gasteiger charge is 2.30. The van der Waals surface area contributed by atoms with E-state index in [9.17, 15) is 9.59 Å². The molecule has 0 atom stereocenters. The van der Waals surface area contributed by atoms with Crippen molar-refractivity contribution in [3.63, 3.8) is 0 Å². The molecule has 8 nitrogen and oxygen atoms in total. The fourth-order valence-corrected chi connectivity index (χ4v) is 4.75. The van der Waals surface area contributed by atoms with Crippen LogP contribution in [0.4, 0.5) is 5.69 Å². The summed E-state index contributed by atoms with van der Waals surface area (Å²) >= 11 is 0. The van der Waals surface area contributed by atoms with E-state index in [0.29, 0.717) is 34.0 Å². The molecule has 3 aromatic heterocycles. The Labute approximate surface area is 210 Å². The van der Waals surface area contributed by atoms with Gasteiger partial charge in [0.2, 0.25) is 5.91 Å². The molecule has 1 N–H and O–H groups in total. The number of hydrogen-bond acceptors (Lipinski definition) is 5. The lowest BCUT2D eigenvalue weighted by Gasteiger charge is -2.19. The number of rotatable bonds is 6. The Morgan fingerprint density at radius 2 is 1.81 bits per heavy atom. The lowest BCUT2D eigenvalue weighted by molar-refractivity contribution is -0.116. The van der Waals surface area contributed by atoms with Crippen LogP contribution in [0.1, 0.15) is 57.2 Å². The largest absolute Gasteiger partial charge is 0.332 e. The molecule has 5 rings (SSSR count). The smallest absolute Gasteiger partial charge is 0.254 e. The molecule has 184 valence electrons. The normalized spacial score (nSPS) is 13.1. The molecular formula is C28H30N6O2.